The van der Waals surface area contributed by atoms with Gasteiger partial charge >= 0.3 is 5.97 Å². The molecule has 0 saturated heterocycles. The summed E-state index contributed by atoms with van der Waals surface area (Å²) in [5, 5.41) is 11.2. The number of hydrogen-bond acceptors (Lipinski definition) is 3. The molecule has 6 nitrogen and oxygen atoms in total. The third-order valence-electron chi connectivity index (χ3n) is 2.97. The number of nitrogens with one attached hydrogen (secondary N) is 1. The molecule has 0 aliphatic carbocycles. The number of hydrogen-bond donors (Lipinski definition) is 3. The van der Waals surface area contributed by atoms with Gasteiger partial charge in [-0.2, -0.15) is 0 Å². The van der Waals surface area contributed by atoms with Gasteiger partial charge in [0.2, 0.25) is 11.8 Å². The molecular formula is C14H17BrN2O4. The SMILES string of the molecule is CC(CC(=O)N[C@H](CC(N)=O)C(=O)O)c1ccc(Br)cc1. The topological polar surface area (TPSA) is 109 Å². The van der Waals surface area contributed by atoms with Crippen molar-refractivity contribution in [2.75, 3.05) is 0 Å². The second kappa shape index (κ2) is 7.78. The fraction of sp³-hybridized carbons (Fsp3) is 0.357. The van der Waals surface area contributed by atoms with Gasteiger partial charge in [0.25, 0.3) is 0 Å². The second-order valence-corrected chi connectivity index (χ2v) is 5.70. The van der Waals surface area contributed by atoms with Gasteiger partial charge in [-0.1, -0.05) is 35.0 Å². The summed E-state index contributed by atoms with van der Waals surface area (Å²) in [6, 6.07) is 6.24. The average molecular weight is 357 g/mol. The summed E-state index contributed by atoms with van der Waals surface area (Å²) in [7, 11) is 0. The molecule has 0 aliphatic rings. The van der Waals surface area contributed by atoms with Crippen LogP contribution < -0.4 is 11.1 Å². The van der Waals surface area contributed by atoms with Gasteiger partial charge in [-0.05, 0) is 23.6 Å². The zero-order chi connectivity index (χ0) is 16.0. The van der Waals surface area contributed by atoms with Crippen LogP contribution in [0.5, 0.6) is 0 Å². The molecule has 1 aromatic rings. The van der Waals surface area contributed by atoms with E-state index in [2.05, 4.69) is 21.2 Å². The van der Waals surface area contributed by atoms with Crippen LogP contribution in [0, 0.1) is 0 Å². The molecule has 0 saturated carbocycles. The first-order valence-corrected chi connectivity index (χ1v) is 7.14. The molecule has 21 heavy (non-hydrogen) atoms. The van der Waals surface area contributed by atoms with Gasteiger partial charge in [0.15, 0.2) is 0 Å². The van der Waals surface area contributed by atoms with E-state index < -0.39 is 30.2 Å². The fourth-order valence-electron chi connectivity index (χ4n) is 1.84. The van der Waals surface area contributed by atoms with Crippen molar-refractivity contribution < 1.29 is 19.5 Å². The minimum Gasteiger partial charge on any atom is -0.480 e. The van der Waals surface area contributed by atoms with E-state index in [1.54, 1.807) is 0 Å². The van der Waals surface area contributed by atoms with Crippen LogP contribution >= 0.6 is 15.9 Å². The van der Waals surface area contributed by atoms with Crippen molar-refractivity contribution in [3.63, 3.8) is 0 Å². The molecule has 0 spiro atoms. The maximum atomic E-state index is 11.9. The van der Waals surface area contributed by atoms with Gasteiger partial charge in [0.05, 0.1) is 6.42 Å². The minimum absolute atomic E-state index is 0.0684. The van der Waals surface area contributed by atoms with Crippen LogP contribution in [0.15, 0.2) is 28.7 Å². The maximum Gasteiger partial charge on any atom is 0.326 e. The Labute approximate surface area is 130 Å². The van der Waals surface area contributed by atoms with E-state index in [1.807, 2.05) is 31.2 Å². The van der Waals surface area contributed by atoms with E-state index in [0.29, 0.717) is 0 Å². The van der Waals surface area contributed by atoms with E-state index in [0.717, 1.165) is 10.0 Å². The number of rotatable bonds is 7. The van der Waals surface area contributed by atoms with E-state index >= 15 is 0 Å². The molecule has 0 heterocycles. The lowest BCUT2D eigenvalue weighted by molar-refractivity contribution is -0.143. The van der Waals surface area contributed by atoms with Gasteiger partial charge in [-0.3, -0.25) is 9.59 Å². The Bertz CT molecular complexity index is 530. The van der Waals surface area contributed by atoms with Crippen molar-refractivity contribution in [3.8, 4) is 0 Å². The number of carboxylic acid groups (broad SMARTS) is 1. The van der Waals surface area contributed by atoms with Gasteiger partial charge < -0.3 is 16.2 Å². The molecule has 1 aromatic carbocycles. The Morgan fingerprint density at radius 2 is 1.81 bits per heavy atom. The minimum atomic E-state index is -1.29. The first kappa shape index (κ1) is 17.2. The molecule has 2 atom stereocenters. The van der Waals surface area contributed by atoms with Crippen LogP contribution in [-0.4, -0.2) is 28.9 Å². The fourth-order valence-corrected chi connectivity index (χ4v) is 2.11. The number of primary amides is 1. The molecule has 1 rings (SSSR count). The summed E-state index contributed by atoms with van der Waals surface area (Å²) >= 11 is 3.33. The molecule has 0 aliphatic heterocycles. The summed E-state index contributed by atoms with van der Waals surface area (Å²) in [6.45, 7) is 1.87. The smallest absolute Gasteiger partial charge is 0.326 e. The normalized spacial score (nSPS) is 13.2. The predicted octanol–water partition coefficient (Wildman–Crippen LogP) is 1.39. The van der Waals surface area contributed by atoms with Gasteiger partial charge in [-0.25, -0.2) is 4.79 Å². The van der Waals surface area contributed by atoms with Crippen molar-refractivity contribution in [2.24, 2.45) is 5.73 Å². The van der Waals surface area contributed by atoms with Crippen LogP contribution in [0.4, 0.5) is 0 Å². The van der Waals surface area contributed by atoms with Crippen LogP contribution in [-0.2, 0) is 14.4 Å². The average Bonchev–Trinajstić information content (AvgIpc) is 2.37. The number of nitrogens with two attached hydrogens (primary N) is 1. The molecule has 4 N–H and O–H groups in total. The molecule has 2 amide bonds. The first-order valence-electron chi connectivity index (χ1n) is 6.35. The zero-order valence-corrected chi connectivity index (χ0v) is 13.1. The Hall–Kier alpha value is -1.89. The largest absolute Gasteiger partial charge is 0.480 e. The van der Waals surface area contributed by atoms with Gasteiger partial charge in [0, 0.05) is 10.9 Å². The number of carboxylic acids is 1. The highest BCUT2D eigenvalue weighted by atomic mass is 79.9. The van der Waals surface area contributed by atoms with Crippen LogP contribution in [0.25, 0.3) is 0 Å². The predicted molar refractivity (Wildman–Crippen MR) is 80.6 cm³/mol. The van der Waals surface area contributed by atoms with Crippen molar-refractivity contribution in [1.29, 1.82) is 0 Å². The lowest BCUT2D eigenvalue weighted by atomic mass is 9.97. The Balaban J connectivity index is 2.61. The van der Waals surface area contributed by atoms with E-state index in [-0.39, 0.29) is 12.3 Å². The molecule has 7 heteroatoms. The maximum absolute atomic E-state index is 11.9. The molecule has 114 valence electrons. The number of carbonyl (C=O) groups excluding carboxylic acids is 2. The van der Waals surface area contributed by atoms with Crippen LogP contribution in [0.2, 0.25) is 0 Å². The summed E-state index contributed by atoms with van der Waals surface area (Å²) in [6.07, 6.45) is -0.294. The first-order chi connectivity index (χ1) is 9.79. The van der Waals surface area contributed by atoms with Crippen molar-refractivity contribution in [3.05, 3.63) is 34.3 Å². The third-order valence-corrected chi connectivity index (χ3v) is 3.50. The molecule has 0 fully saturated rings. The molecule has 0 radical (unpaired) electrons. The number of carbonyl (C=O) groups is 3. The number of benzene rings is 1. The van der Waals surface area contributed by atoms with Crippen molar-refractivity contribution >= 4 is 33.7 Å². The van der Waals surface area contributed by atoms with E-state index in [4.69, 9.17) is 10.8 Å². The number of amides is 2. The summed E-state index contributed by atoms with van der Waals surface area (Å²) < 4.78 is 0.940. The number of halogens is 1. The quantitative estimate of drug-likeness (QED) is 0.685. The van der Waals surface area contributed by atoms with Crippen molar-refractivity contribution in [2.45, 2.75) is 31.7 Å². The Morgan fingerprint density at radius 3 is 2.29 bits per heavy atom. The number of aliphatic carboxylic acids is 1. The van der Waals surface area contributed by atoms with Crippen LogP contribution in [0.1, 0.15) is 31.2 Å². The van der Waals surface area contributed by atoms with Crippen LogP contribution in [0.3, 0.4) is 0 Å². The summed E-state index contributed by atoms with van der Waals surface area (Å²) in [4.78, 5) is 33.6. The van der Waals surface area contributed by atoms with Crippen molar-refractivity contribution in [1.82, 2.24) is 5.32 Å². The molecule has 0 aromatic heterocycles. The van der Waals surface area contributed by atoms with E-state index in [9.17, 15) is 14.4 Å². The molecular weight excluding hydrogens is 340 g/mol. The summed E-state index contributed by atoms with van der Waals surface area (Å²) in [5.74, 6) is -2.55. The highest BCUT2D eigenvalue weighted by molar-refractivity contribution is 9.10. The highest BCUT2D eigenvalue weighted by Crippen LogP contribution is 2.21. The molecule has 0 bridgehead atoms. The standard InChI is InChI=1S/C14H17BrN2O4/c1-8(9-2-4-10(15)5-3-9)6-13(19)17-11(14(20)21)7-12(16)18/h2-5,8,11H,6-7H2,1H3,(H2,16,18)(H,17,19)(H,20,21)/t8?,11-/m1/s1. The third kappa shape index (κ3) is 5.95. The monoisotopic (exact) mass is 356 g/mol. The lowest BCUT2D eigenvalue weighted by Gasteiger charge is -2.16. The van der Waals surface area contributed by atoms with E-state index in [1.165, 1.54) is 0 Å². The Kier molecular flexibility index (Phi) is 6.36. The Morgan fingerprint density at radius 1 is 1.24 bits per heavy atom. The van der Waals surface area contributed by atoms with Gasteiger partial charge in [0.1, 0.15) is 6.04 Å². The highest BCUT2D eigenvalue weighted by Gasteiger charge is 2.23. The zero-order valence-electron chi connectivity index (χ0n) is 11.5. The second-order valence-electron chi connectivity index (χ2n) is 4.79. The summed E-state index contributed by atoms with van der Waals surface area (Å²) in [5.41, 5.74) is 5.92. The van der Waals surface area contributed by atoms with Gasteiger partial charge in [-0.15, -0.1) is 0 Å². The lowest BCUT2D eigenvalue weighted by Crippen LogP contribution is -2.43. The molecule has 1 unspecified atom stereocenters.